The van der Waals surface area contributed by atoms with E-state index in [9.17, 15) is 19.7 Å². The molecule has 10 nitrogen and oxygen atoms in total. The molecule has 1 aromatic heterocycles. The van der Waals surface area contributed by atoms with Gasteiger partial charge in [0.15, 0.2) is 0 Å². The zero-order valence-electron chi connectivity index (χ0n) is 19.2. The van der Waals surface area contributed by atoms with E-state index in [-0.39, 0.29) is 11.9 Å². The quantitative estimate of drug-likeness (QED) is 0.268. The van der Waals surface area contributed by atoms with E-state index in [0.29, 0.717) is 36.1 Å². The van der Waals surface area contributed by atoms with E-state index in [0.717, 1.165) is 44.9 Å². The number of carbonyl (C=O) groups is 2. The Balaban J connectivity index is 1.32. The van der Waals surface area contributed by atoms with Gasteiger partial charge < -0.3 is 20.2 Å². The third-order valence-corrected chi connectivity index (χ3v) is 7.75. The highest BCUT2D eigenvalue weighted by Gasteiger charge is 2.62. The van der Waals surface area contributed by atoms with E-state index in [4.69, 9.17) is 4.74 Å². The lowest BCUT2D eigenvalue weighted by molar-refractivity contribution is -0.394. The maximum atomic E-state index is 13.6. The molecule has 0 spiro atoms. The average molecular weight is 468 g/mol. The van der Waals surface area contributed by atoms with Crippen molar-refractivity contribution < 1.29 is 19.2 Å². The number of carbonyl (C=O) groups excluding carboxylic acids is 2. The lowest BCUT2D eigenvalue weighted by Gasteiger charge is -2.60. The van der Waals surface area contributed by atoms with E-state index in [2.05, 4.69) is 15.4 Å². The minimum absolute atomic E-state index is 0.0288. The van der Waals surface area contributed by atoms with Crippen LogP contribution in [0.1, 0.15) is 68.6 Å². The fraction of sp³-hybridized carbons (Fsp3) is 0.583. The van der Waals surface area contributed by atoms with Crippen molar-refractivity contribution in [1.82, 2.24) is 14.8 Å². The van der Waals surface area contributed by atoms with Crippen LogP contribution in [0.3, 0.4) is 0 Å². The van der Waals surface area contributed by atoms with Crippen molar-refractivity contribution in [3.05, 3.63) is 46.3 Å². The third-order valence-electron chi connectivity index (χ3n) is 7.75. The Labute approximate surface area is 197 Å². The van der Waals surface area contributed by atoms with Crippen LogP contribution in [0.5, 0.6) is 0 Å². The number of nitro groups is 1. The minimum Gasteiger partial charge on any atom is -0.462 e. The second kappa shape index (κ2) is 8.48. The summed E-state index contributed by atoms with van der Waals surface area (Å²) in [4.78, 5) is 40.1. The van der Waals surface area contributed by atoms with Crippen LogP contribution in [-0.2, 0) is 15.1 Å². The van der Waals surface area contributed by atoms with Gasteiger partial charge in [-0.25, -0.2) is 4.79 Å². The van der Waals surface area contributed by atoms with E-state index in [1.165, 1.54) is 6.33 Å². The number of aromatic nitrogens is 3. The summed E-state index contributed by atoms with van der Waals surface area (Å²) in [6, 6.07) is 6.79. The molecule has 0 radical (unpaired) electrons. The second-order valence-corrected chi connectivity index (χ2v) is 10.2. The highest BCUT2D eigenvalue weighted by molar-refractivity contribution is 5.96. The number of esters is 1. The zero-order chi connectivity index (χ0) is 23.9. The Morgan fingerprint density at radius 2 is 1.91 bits per heavy atom. The van der Waals surface area contributed by atoms with E-state index >= 15 is 0 Å². The van der Waals surface area contributed by atoms with E-state index < -0.39 is 21.8 Å². The second-order valence-electron chi connectivity index (χ2n) is 10.2. The monoisotopic (exact) mass is 467 g/mol. The summed E-state index contributed by atoms with van der Waals surface area (Å²) < 4.78 is 6.90. The molecule has 6 rings (SSSR count). The van der Waals surface area contributed by atoms with Gasteiger partial charge in [0.1, 0.15) is 0 Å². The van der Waals surface area contributed by atoms with Crippen LogP contribution in [-0.4, -0.2) is 38.2 Å². The fourth-order valence-corrected chi connectivity index (χ4v) is 6.66. The molecule has 4 aliphatic carbocycles. The standard InChI is InChI=1S/C24H29N5O5/c1-2-3-8-34-20(30)18-4-6-19(7-5-18)26-21(31)23-10-16-9-17(11-23)13-24(12-16,14-23)28-15-25-22(27-28)29(32)33/h4-7,15-17H,2-3,8-14H2,1H3,(H,26,31)/t16-,17-,23?,24?/m1/s1. The molecule has 180 valence electrons. The van der Waals surface area contributed by atoms with Gasteiger partial charge in [0.25, 0.3) is 0 Å². The van der Waals surface area contributed by atoms with Crippen molar-refractivity contribution in [3.63, 3.8) is 0 Å². The lowest BCUT2D eigenvalue weighted by atomic mass is 9.46. The number of unbranched alkanes of at least 4 members (excludes halogenated alkanes) is 1. The molecule has 1 N–H and O–H groups in total. The first-order valence-electron chi connectivity index (χ1n) is 12.0. The van der Waals surface area contributed by atoms with Crippen molar-refractivity contribution in [2.75, 3.05) is 11.9 Å². The molecule has 0 aliphatic heterocycles. The van der Waals surface area contributed by atoms with Gasteiger partial charge >= 0.3 is 11.9 Å². The largest absolute Gasteiger partial charge is 0.490 e. The maximum absolute atomic E-state index is 13.6. The molecule has 0 unspecified atom stereocenters. The summed E-state index contributed by atoms with van der Waals surface area (Å²) in [5, 5.41) is 18.3. The van der Waals surface area contributed by atoms with Crippen molar-refractivity contribution in [1.29, 1.82) is 0 Å². The lowest BCUT2D eigenvalue weighted by Crippen LogP contribution is -2.60. The Hall–Kier alpha value is -3.30. The summed E-state index contributed by atoms with van der Waals surface area (Å²) in [6.45, 7) is 2.43. The van der Waals surface area contributed by atoms with Crippen LogP contribution in [0.25, 0.3) is 0 Å². The zero-order valence-corrected chi connectivity index (χ0v) is 19.2. The summed E-state index contributed by atoms with van der Waals surface area (Å²) in [6.07, 6.45) is 8.29. The molecule has 1 aromatic carbocycles. The van der Waals surface area contributed by atoms with Gasteiger partial charge in [-0.3, -0.25) is 4.79 Å². The first kappa shape index (κ1) is 22.5. The molecule has 0 saturated heterocycles. The molecule has 2 aromatic rings. The van der Waals surface area contributed by atoms with E-state index in [1.807, 2.05) is 6.92 Å². The maximum Gasteiger partial charge on any atom is 0.490 e. The SMILES string of the molecule is CCCCOC(=O)c1ccc(NC(=O)C23C[C@H]4C[C@H](C2)CC(n2cnc([N+](=O)[O-])n2)(C4)C3)cc1. The number of nitrogens with one attached hydrogen (secondary N) is 1. The van der Waals surface area contributed by atoms with Crippen LogP contribution in [0.15, 0.2) is 30.6 Å². The van der Waals surface area contributed by atoms with Gasteiger partial charge in [0, 0.05) is 10.8 Å². The van der Waals surface area contributed by atoms with Crippen LogP contribution < -0.4 is 5.32 Å². The minimum atomic E-state index is -0.581. The normalized spacial score (nSPS) is 29.1. The van der Waals surface area contributed by atoms with Crippen molar-refractivity contribution in [2.24, 2.45) is 17.3 Å². The molecular weight excluding hydrogens is 438 g/mol. The topological polar surface area (TPSA) is 129 Å². The Bertz CT molecular complexity index is 1100. The summed E-state index contributed by atoms with van der Waals surface area (Å²) in [5.41, 5.74) is 0.143. The highest BCUT2D eigenvalue weighted by Crippen LogP contribution is 2.64. The molecule has 2 atom stereocenters. The van der Waals surface area contributed by atoms with Gasteiger partial charge in [0.05, 0.1) is 23.1 Å². The van der Waals surface area contributed by atoms with Gasteiger partial charge in [-0.1, -0.05) is 18.3 Å². The van der Waals surface area contributed by atoms with Crippen molar-refractivity contribution in [3.8, 4) is 0 Å². The Morgan fingerprint density at radius 1 is 1.21 bits per heavy atom. The molecule has 4 saturated carbocycles. The predicted molar refractivity (Wildman–Crippen MR) is 122 cm³/mol. The van der Waals surface area contributed by atoms with Crippen LogP contribution in [0.2, 0.25) is 0 Å². The molecule has 4 aliphatic rings. The number of anilines is 1. The third kappa shape index (κ3) is 3.95. The van der Waals surface area contributed by atoms with Gasteiger partial charge in [0.2, 0.25) is 12.2 Å². The van der Waals surface area contributed by atoms with Crippen LogP contribution >= 0.6 is 0 Å². The molecule has 4 bridgehead atoms. The fourth-order valence-electron chi connectivity index (χ4n) is 6.66. The average Bonchev–Trinajstić information content (AvgIpc) is 3.31. The predicted octanol–water partition coefficient (Wildman–Crippen LogP) is 4.08. The van der Waals surface area contributed by atoms with Gasteiger partial charge in [-0.05, 0) is 86.0 Å². The highest BCUT2D eigenvalue weighted by atomic mass is 16.6. The number of benzene rings is 1. The summed E-state index contributed by atoms with van der Waals surface area (Å²) >= 11 is 0. The molecule has 10 heteroatoms. The first-order valence-corrected chi connectivity index (χ1v) is 12.0. The summed E-state index contributed by atoms with van der Waals surface area (Å²) in [7, 11) is 0. The molecular formula is C24H29N5O5. The molecule has 1 heterocycles. The summed E-state index contributed by atoms with van der Waals surface area (Å²) in [5.74, 6) is -0.0243. The molecule has 34 heavy (non-hydrogen) atoms. The number of ether oxygens (including phenoxy) is 1. The van der Waals surface area contributed by atoms with Crippen LogP contribution in [0, 0.1) is 27.4 Å². The van der Waals surface area contributed by atoms with Gasteiger partial charge in [-0.2, -0.15) is 4.68 Å². The number of amides is 1. The van der Waals surface area contributed by atoms with Gasteiger partial charge in [-0.15, -0.1) is 0 Å². The van der Waals surface area contributed by atoms with Crippen molar-refractivity contribution in [2.45, 2.75) is 63.8 Å². The Morgan fingerprint density at radius 3 is 2.53 bits per heavy atom. The first-order chi connectivity index (χ1) is 16.3. The van der Waals surface area contributed by atoms with Crippen molar-refractivity contribution >= 4 is 23.5 Å². The number of nitrogens with zero attached hydrogens (tertiary/aromatic N) is 4. The molecule has 4 fully saturated rings. The van der Waals surface area contributed by atoms with E-state index in [1.54, 1.807) is 28.9 Å². The smallest absolute Gasteiger partial charge is 0.462 e. The Kier molecular flexibility index (Phi) is 5.61. The number of hydrogen-bond acceptors (Lipinski definition) is 7. The van der Waals surface area contributed by atoms with Crippen LogP contribution in [0.4, 0.5) is 11.6 Å². The molecule has 1 amide bonds. The number of rotatable bonds is 8. The number of hydrogen-bond donors (Lipinski definition) is 1.